The van der Waals surface area contributed by atoms with Crippen molar-refractivity contribution in [1.82, 2.24) is 9.97 Å². The first-order valence-corrected chi connectivity index (χ1v) is 6.49. The minimum Gasteiger partial charge on any atom is -0.290 e. The van der Waals surface area contributed by atoms with Crippen LogP contribution in [-0.4, -0.2) is 15.8 Å². The summed E-state index contributed by atoms with van der Waals surface area (Å²) in [5.74, 6) is 0.0822. The summed E-state index contributed by atoms with van der Waals surface area (Å²) >= 11 is 9.38. The number of aryl methyl sites for hydroxylation is 1. The van der Waals surface area contributed by atoms with Crippen LogP contribution in [0.4, 0.5) is 0 Å². The third kappa shape index (κ3) is 3.15. The molecule has 18 heavy (non-hydrogen) atoms. The molecule has 0 radical (unpaired) electrons. The lowest BCUT2D eigenvalue weighted by Gasteiger charge is -2.03. The molecule has 0 unspecified atom stereocenters. The van der Waals surface area contributed by atoms with Gasteiger partial charge in [-0.1, -0.05) is 33.6 Å². The number of rotatable bonds is 3. The van der Waals surface area contributed by atoms with Crippen molar-refractivity contribution < 1.29 is 4.79 Å². The van der Waals surface area contributed by atoms with Gasteiger partial charge in [-0.05, 0) is 30.2 Å². The summed E-state index contributed by atoms with van der Waals surface area (Å²) in [5, 5.41) is 0.560. The van der Waals surface area contributed by atoms with Crippen LogP contribution in [0.2, 0.25) is 5.02 Å². The van der Waals surface area contributed by atoms with Crippen LogP contribution < -0.4 is 0 Å². The maximum atomic E-state index is 12.0. The zero-order valence-corrected chi connectivity index (χ0v) is 12.0. The van der Waals surface area contributed by atoms with Crippen LogP contribution >= 0.6 is 27.5 Å². The number of hydrogen-bond acceptors (Lipinski definition) is 3. The van der Waals surface area contributed by atoms with Gasteiger partial charge >= 0.3 is 0 Å². The molecule has 0 aliphatic carbocycles. The van der Waals surface area contributed by atoms with Gasteiger partial charge in [0.25, 0.3) is 0 Å². The van der Waals surface area contributed by atoms with Crippen LogP contribution in [0.5, 0.6) is 0 Å². The smallest absolute Gasteiger partial charge is 0.204 e. The maximum absolute atomic E-state index is 12.0. The molecule has 0 atom stereocenters. The van der Waals surface area contributed by atoms with E-state index in [0.717, 1.165) is 15.6 Å². The largest absolute Gasteiger partial charge is 0.290 e. The first-order valence-electron chi connectivity index (χ1n) is 5.32. The Morgan fingerprint density at radius 1 is 1.33 bits per heavy atom. The number of ketones is 1. The van der Waals surface area contributed by atoms with E-state index in [2.05, 4.69) is 25.9 Å². The Bertz CT molecular complexity index is 584. The van der Waals surface area contributed by atoms with Crippen LogP contribution in [0.15, 0.2) is 35.1 Å². The normalized spacial score (nSPS) is 10.4. The van der Waals surface area contributed by atoms with E-state index >= 15 is 0 Å². The van der Waals surface area contributed by atoms with Crippen molar-refractivity contribution in [1.29, 1.82) is 0 Å². The summed E-state index contributed by atoms with van der Waals surface area (Å²) < 4.78 is 0.885. The number of benzene rings is 1. The lowest BCUT2D eigenvalue weighted by Crippen LogP contribution is -2.08. The summed E-state index contributed by atoms with van der Waals surface area (Å²) in [6.45, 7) is 1.87. The van der Waals surface area contributed by atoms with E-state index in [1.807, 2.05) is 19.1 Å². The molecule has 0 fully saturated rings. The van der Waals surface area contributed by atoms with Crippen molar-refractivity contribution in [3.63, 3.8) is 0 Å². The van der Waals surface area contributed by atoms with Crippen molar-refractivity contribution in [2.75, 3.05) is 0 Å². The Labute approximate surface area is 118 Å². The summed E-state index contributed by atoms with van der Waals surface area (Å²) in [7, 11) is 0. The van der Waals surface area contributed by atoms with Crippen molar-refractivity contribution in [2.24, 2.45) is 0 Å². The van der Waals surface area contributed by atoms with Gasteiger partial charge in [0.15, 0.2) is 5.82 Å². The molecule has 3 nitrogen and oxygen atoms in total. The van der Waals surface area contributed by atoms with Gasteiger partial charge in [0.1, 0.15) is 0 Å². The van der Waals surface area contributed by atoms with E-state index in [1.54, 1.807) is 18.5 Å². The molecule has 1 aromatic carbocycles. The van der Waals surface area contributed by atoms with Gasteiger partial charge in [-0.25, -0.2) is 9.97 Å². The Kier molecular flexibility index (Phi) is 4.09. The highest BCUT2D eigenvalue weighted by atomic mass is 79.9. The Morgan fingerprint density at radius 3 is 2.61 bits per heavy atom. The molecule has 0 saturated heterocycles. The molecule has 0 spiro atoms. The second-order valence-corrected chi connectivity index (χ2v) is 5.24. The van der Waals surface area contributed by atoms with E-state index in [0.29, 0.717) is 5.02 Å². The third-order valence-electron chi connectivity index (χ3n) is 2.40. The molecule has 0 amide bonds. The average Bonchev–Trinajstić information content (AvgIpc) is 2.33. The molecule has 2 rings (SSSR count). The number of nitrogens with zero attached hydrogens (tertiary/aromatic N) is 2. The highest BCUT2D eigenvalue weighted by Gasteiger charge is 2.12. The number of Topliss-reactive ketones (excluding diaryl/α,β-unsaturated/α-hetero) is 1. The number of carbonyl (C=O) groups is 1. The predicted octanol–water partition coefficient (Wildman–Crippen LogP) is 3.63. The minimum atomic E-state index is -0.140. The van der Waals surface area contributed by atoms with E-state index < -0.39 is 0 Å². The molecular formula is C13H10BrClN2O. The molecule has 92 valence electrons. The molecular weight excluding hydrogens is 316 g/mol. The number of halogens is 2. The van der Waals surface area contributed by atoms with E-state index in [1.165, 1.54) is 0 Å². The quantitative estimate of drug-likeness (QED) is 0.809. The zero-order chi connectivity index (χ0) is 13.1. The number of aromatic nitrogens is 2. The Morgan fingerprint density at radius 2 is 2.00 bits per heavy atom. The maximum Gasteiger partial charge on any atom is 0.204 e. The van der Waals surface area contributed by atoms with Crippen molar-refractivity contribution in [3.8, 4) is 0 Å². The average molecular weight is 326 g/mol. The van der Waals surface area contributed by atoms with Gasteiger partial charge < -0.3 is 0 Å². The monoisotopic (exact) mass is 324 g/mol. The molecule has 0 bridgehead atoms. The standard InChI is InChI=1S/C13H10BrClN2O/c1-8-6-16-13(17-7-8)12(18)4-9-2-3-10(14)5-11(9)15/h2-3,5-7H,4H2,1H3. The minimum absolute atomic E-state index is 0.140. The van der Waals surface area contributed by atoms with Gasteiger partial charge in [0.2, 0.25) is 5.78 Å². The molecule has 2 aromatic rings. The van der Waals surface area contributed by atoms with Crippen LogP contribution in [0.25, 0.3) is 0 Å². The number of carbonyl (C=O) groups excluding carboxylic acids is 1. The molecule has 1 aromatic heterocycles. The Balaban J connectivity index is 2.18. The molecule has 0 saturated carbocycles. The van der Waals surface area contributed by atoms with Gasteiger partial charge in [0, 0.05) is 28.3 Å². The summed E-state index contributed by atoms with van der Waals surface area (Å²) in [4.78, 5) is 20.0. The van der Waals surface area contributed by atoms with E-state index in [-0.39, 0.29) is 18.0 Å². The van der Waals surface area contributed by atoms with E-state index in [4.69, 9.17) is 11.6 Å². The predicted molar refractivity (Wildman–Crippen MR) is 74.0 cm³/mol. The first-order chi connectivity index (χ1) is 8.56. The van der Waals surface area contributed by atoms with E-state index in [9.17, 15) is 4.79 Å². The molecule has 5 heteroatoms. The lowest BCUT2D eigenvalue weighted by atomic mass is 10.1. The highest BCUT2D eigenvalue weighted by molar-refractivity contribution is 9.10. The van der Waals surface area contributed by atoms with Crippen LogP contribution in [0, 0.1) is 6.92 Å². The van der Waals surface area contributed by atoms with Crippen LogP contribution in [0.1, 0.15) is 21.7 Å². The van der Waals surface area contributed by atoms with Crippen molar-refractivity contribution in [3.05, 3.63) is 57.0 Å². The van der Waals surface area contributed by atoms with Gasteiger partial charge in [0.05, 0.1) is 0 Å². The van der Waals surface area contributed by atoms with Gasteiger partial charge in [-0.3, -0.25) is 4.79 Å². The van der Waals surface area contributed by atoms with Gasteiger partial charge in [-0.2, -0.15) is 0 Å². The van der Waals surface area contributed by atoms with Crippen LogP contribution in [0.3, 0.4) is 0 Å². The third-order valence-corrected chi connectivity index (χ3v) is 3.24. The topological polar surface area (TPSA) is 42.9 Å². The SMILES string of the molecule is Cc1cnc(C(=O)Cc2ccc(Br)cc2Cl)nc1. The fourth-order valence-corrected chi connectivity index (χ4v) is 2.19. The fraction of sp³-hybridized carbons (Fsp3) is 0.154. The lowest BCUT2D eigenvalue weighted by molar-refractivity contribution is 0.0983. The summed E-state index contributed by atoms with van der Waals surface area (Å²) in [5.41, 5.74) is 1.70. The van der Waals surface area contributed by atoms with Crippen LogP contribution in [-0.2, 0) is 6.42 Å². The molecule has 0 N–H and O–H groups in total. The van der Waals surface area contributed by atoms with Crippen molar-refractivity contribution in [2.45, 2.75) is 13.3 Å². The Hall–Kier alpha value is -1.26. The molecule has 0 aliphatic rings. The molecule has 1 heterocycles. The zero-order valence-electron chi connectivity index (χ0n) is 9.65. The highest BCUT2D eigenvalue weighted by Crippen LogP contribution is 2.22. The van der Waals surface area contributed by atoms with Gasteiger partial charge in [-0.15, -0.1) is 0 Å². The summed E-state index contributed by atoms with van der Waals surface area (Å²) in [6, 6.07) is 5.43. The first kappa shape index (κ1) is 13.2. The van der Waals surface area contributed by atoms with Crippen molar-refractivity contribution >= 4 is 33.3 Å². The second-order valence-electron chi connectivity index (χ2n) is 3.92. The summed E-state index contributed by atoms with van der Waals surface area (Å²) in [6.07, 6.45) is 3.46. The molecule has 0 aliphatic heterocycles. The number of hydrogen-bond donors (Lipinski definition) is 0. The fourth-order valence-electron chi connectivity index (χ4n) is 1.45. The second kappa shape index (κ2) is 5.59.